The first-order valence-electron chi connectivity index (χ1n) is 5.75. The van der Waals surface area contributed by atoms with Gasteiger partial charge in [0.1, 0.15) is 0 Å². The van der Waals surface area contributed by atoms with Gasteiger partial charge in [0.25, 0.3) is 5.91 Å². The molecule has 1 saturated heterocycles. The third kappa shape index (κ3) is 2.55. The maximum atomic E-state index is 11.3. The quantitative estimate of drug-likeness (QED) is 0.580. The zero-order valence-corrected chi connectivity index (χ0v) is 10.1. The molecular weight excluding hydrogens is 234 g/mol. The van der Waals surface area contributed by atoms with E-state index in [1.165, 1.54) is 0 Å². The van der Waals surface area contributed by atoms with Gasteiger partial charge in [0.2, 0.25) is 0 Å². The predicted molar refractivity (Wildman–Crippen MR) is 66.1 cm³/mol. The van der Waals surface area contributed by atoms with Crippen LogP contribution < -0.4 is 10.2 Å². The van der Waals surface area contributed by atoms with Crippen molar-refractivity contribution in [2.24, 2.45) is 5.16 Å². The van der Waals surface area contributed by atoms with E-state index in [1.54, 1.807) is 19.2 Å². The highest BCUT2D eigenvalue weighted by atomic mass is 16.4. The van der Waals surface area contributed by atoms with Gasteiger partial charge in [-0.3, -0.25) is 4.79 Å². The van der Waals surface area contributed by atoms with Crippen LogP contribution in [0.2, 0.25) is 0 Å². The molecule has 0 aromatic carbocycles. The van der Waals surface area contributed by atoms with E-state index in [0.29, 0.717) is 5.69 Å². The van der Waals surface area contributed by atoms with Crippen molar-refractivity contribution in [2.75, 3.05) is 25.0 Å². The van der Waals surface area contributed by atoms with Crippen LogP contribution in [-0.2, 0) is 0 Å². The molecule has 2 rings (SSSR count). The number of amides is 1. The van der Waals surface area contributed by atoms with Crippen molar-refractivity contribution >= 4 is 17.4 Å². The van der Waals surface area contributed by atoms with Crippen LogP contribution in [0.25, 0.3) is 0 Å². The molecule has 1 amide bonds. The molecule has 0 radical (unpaired) electrons. The van der Waals surface area contributed by atoms with Crippen LogP contribution in [0.15, 0.2) is 17.3 Å². The van der Waals surface area contributed by atoms with Crippen LogP contribution in [0, 0.1) is 0 Å². The molecule has 7 heteroatoms. The Balaban J connectivity index is 2.04. The van der Waals surface area contributed by atoms with Crippen molar-refractivity contribution in [3.05, 3.63) is 17.8 Å². The van der Waals surface area contributed by atoms with Crippen molar-refractivity contribution in [2.45, 2.75) is 12.8 Å². The third-order valence-electron chi connectivity index (χ3n) is 2.92. The second kappa shape index (κ2) is 5.44. The van der Waals surface area contributed by atoms with E-state index in [0.717, 1.165) is 37.5 Å². The molecule has 0 unspecified atom stereocenters. The fourth-order valence-corrected chi connectivity index (χ4v) is 1.84. The van der Waals surface area contributed by atoms with E-state index < -0.39 is 0 Å². The van der Waals surface area contributed by atoms with Gasteiger partial charge in [-0.2, -0.15) is 0 Å². The summed E-state index contributed by atoms with van der Waals surface area (Å²) in [6.07, 6.45) is 1.44. The number of rotatable bonds is 2. The first-order valence-corrected chi connectivity index (χ1v) is 5.75. The Morgan fingerprint density at radius 1 is 1.39 bits per heavy atom. The van der Waals surface area contributed by atoms with Crippen molar-refractivity contribution < 1.29 is 10.0 Å². The molecule has 1 fully saturated rings. The van der Waals surface area contributed by atoms with E-state index in [9.17, 15) is 4.79 Å². The number of oxime groups is 1. The number of nitrogens with one attached hydrogen (secondary N) is 1. The Labute approximate surface area is 105 Å². The monoisotopic (exact) mass is 249 g/mol. The molecule has 1 aliphatic rings. The van der Waals surface area contributed by atoms with Gasteiger partial charge in [-0.1, -0.05) is 5.16 Å². The normalized spacial score (nSPS) is 15.4. The molecule has 2 heterocycles. The van der Waals surface area contributed by atoms with Gasteiger partial charge in [-0.15, -0.1) is 10.2 Å². The Morgan fingerprint density at radius 3 is 2.61 bits per heavy atom. The minimum absolute atomic E-state index is 0.248. The van der Waals surface area contributed by atoms with Gasteiger partial charge < -0.3 is 15.4 Å². The number of carbonyl (C=O) groups excluding carboxylic acids is 1. The van der Waals surface area contributed by atoms with E-state index in [4.69, 9.17) is 5.21 Å². The zero-order chi connectivity index (χ0) is 13.0. The van der Waals surface area contributed by atoms with Crippen LogP contribution in [0.5, 0.6) is 0 Å². The highest BCUT2D eigenvalue weighted by molar-refractivity contribution is 5.92. The van der Waals surface area contributed by atoms with Crippen molar-refractivity contribution in [3.63, 3.8) is 0 Å². The maximum absolute atomic E-state index is 11.3. The predicted octanol–water partition coefficient (Wildman–Crippen LogP) is 0.267. The van der Waals surface area contributed by atoms with E-state index in [-0.39, 0.29) is 5.91 Å². The summed E-state index contributed by atoms with van der Waals surface area (Å²) in [5.41, 5.74) is 1.11. The van der Waals surface area contributed by atoms with Crippen LogP contribution >= 0.6 is 0 Å². The zero-order valence-electron chi connectivity index (χ0n) is 10.1. The van der Waals surface area contributed by atoms with Gasteiger partial charge in [0.05, 0.1) is 5.71 Å². The molecule has 0 spiro atoms. The van der Waals surface area contributed by atoms with Gasteiger partial charge in [-0.05, 0) is 12.1 Å². The van der Waals surface area contributed by atoms with Crippen LogP contribution in [0.3, 0.4) is 0 Å². The lowest BCUT2D eigenvalue weighted by Gasteiger charge is -2.27. The highest BCUT2D eigenvalue weighted by Gasteiger charge is 2.17. The van der Waals surface area contributed by atoms with E-state index in [2.05, 4.69) is 25.6 Å². The van der Waals surface area contributed by atoms with E-state index >= 15 is 0 Å². The smallest absolute Gasteiger partial charge is 0.271 e. The fourth-order valence-electron chi connectivity index (χ4n) is 1.84. The summed E-state index contributed by atoms with van der Waals surface area (Å²) in [4.78, 5) is 13.4. The Kier molecular flexibility index (Phi) is 3.71. The Hall–Kier alpha value is -2.18. The van der Waals surface area contributed by atoms with Gasteiger partial charge in [-0.25, -0.2) is 0 Å². The average molecular weight is 249 g/mol. The first kappa shape index (κ1) is 12.3. The van der Waals surface area contributed by atoms with Crippen molar-refractivity contribution in [1.29, 1.82) is 0 Å². The standard InChI is InChI=1S/C11H15N5O2/c1-12-11(17)9-2-3-10(14-13-9)16-6-4-8(15-18)5-7-16/h2-3,18H,4-7H2,1H3,(H,12,17). The Morgan fingerprint density at radius 2 is 2.11 bits per heavy atom. The highest BCUT2D eigenvalue weighted by Crippen LogP contribution is 2.15. The number of anilines is 1. The molecule has 0 aliphatic carbocycles. The molecule has 1 aromatic heterocycles. The minimum atomic E-state index is -0.248. The summed E-state index contributed by atoms with van der Waals surface area (Å²) in [5.74, 6) is 0.488. The van der Waals surface area contributed by atoms with Crippen molar-refractivity contribution in [3.8, 4) is 0 Å². The fraction of sp³-hybridized carbons (Fsp3) is 0.455. The summed E-state index contributed by atoms with van der Waals surface area (Å²) in [5, 5.41) is 22.3. The molecular formula is C11H15N5O2. The van der Waals surface area contributed by atoms with E-state index in [1.807, 2.05) is 0 Å². The molecule has 0 bridgehead atoms. The molecule has 0 saturated carbocycles. The number of nitrogens with zero attached hydrogens (tertiary/aromatic N) is 4. The number of piperidine rings is 1. The molecule has 18 heavy (non-hydrogen) atoms. The second-order valence-electron chi connectivity index (χ2n) is 4.01. The first-order chi connectivity index (χ1) is 8.74. The lowest BCUT2D eigenvalue weighted by Crippen LogP contribution is -2.34. The minimum Gasteiger partial charge on any atom is -0.411 e. The second-order valence-corrected chi connectivity index (χ2v) is 4.01. The summed E-state index contributed by atoms with van der Waals surface area (Å²) in [6, 6.07) is 3.43. The summed E-state index contributed by atoms with van der Waals surface area (Å²) in [7, 11) is 1.55. The SMILES string of the molecule is CNC(=O)c1ccc(N2CCC(=NO)CC2)nn1. The molecule has 1 aromatic rings. The summed E-state index contributed by atoms with van der Waals surface area (Å²) < 4.78 is 0. The van der Waals surface area contributed by atoms with Gasteiger partial charge in [0.15, 0.2) is 11.5 Å². The number of aromatic nitrogens is 2. The number of hydrogen-bond donors (Lipinski definition) is 2. The van der Waals surface area contributed by atoms with Crippen LogP contribution in [-0.4, -0.2) is 47.2 Å². The van der Waals surface area contributed by atoms with Crippen LogP contribution in [0.1, 0.15) is 23.3 Å². The molecule has 0 atom stereocenters. The average Bonchev–Trinajstić information content (AvgIpc) is 2.47. The van der Waals surface area contributed by atoms with Crippen LogP contribution in [0.4, 0.5) is 5.82 Å². The number of carbonyl (C=O) groups is 1. The number of hydrogen-bond acceptors (Lipinski definition) is 6. The lowest BCUT2D eigenvalue weighted by atomic mass is 10.1. The Bertz CT molecular complexity index is 447. The summed E-state index contributed by atoms with van der Waals surface area (Å²) >= 11 is 0. The molecule has 96 valence electrons. The van der Waals surface area contributed by atoms with Gasteiger partial charge in [0, 0.05) is 33.0 Å². The summed E-state index contributed by atoms with van der Waals surface area (Å²) in [6.45, 7) is 1.49. The lowest BCUT2D eigenvalue weighted by molar-refractivity contribution is 0.0957. The third-order valence-corrected chi connectivity index (χ3v) is 2.92. The molecule has 2 N–H and O–H groups in total. The van der Waals surface area contributed by atoms with Gasteiger partial charge >= 0.3 is 0 Å². The maximum Gasteiger partial charge on any atom is 0.271 e. The largest absolute Gasteiger partial charge is 0.411 e. The topological polar surface area (TPSA) is 90.7 Å². The molecule has 1 aliphatic heterocycles. The molecule has 7 nitrogen and oxygen atoms in total. The van der Waals surface area contributed by atoms with Crippen molar-refractivity contribution in [1.82, 2.24) is 15.5 Å².